The topological polar surface area (TPSA) is 48.9 Å². The predicted molar refractivity (Wildman–Crippen MR) is 131 cm³/mol. The van der Waals surface area contributed by atoms with Gasteiger partial charge in [0.15, 0.2) is 10.9 Å². The number of morpholine rings is 1. The number of halogens is 3. The number of rotatable bonds is 7. The van der Waals surface area contributed by atoms with E-state index in [4.69, 9.17) is 4.74 Å². The van der Waals surface area contributed by atoms with Gasteiger partial charge in [-0.05, 0) is 36.8 Å². The average molecular weight is 497 g/mol. The standard InChI is InChI=1S/C23H26F2N4O2S.ClH/c1-27(2)18-6-4-16(5-7-18)22(30)29(9-3-8-28-10-12-31-13-11-28)23-26-21-19(25)14-17(24)15-20(21)32-23;/h4-7,14-15H,3,8-13H2,1-2H3;1H. The van der Waals surface area contributed by atoms with Gasteiger partial charge in [0.1, 0.15) is 11.3 Å². The number of carbonyl (C=O) groups excluding carboxylic acids is 1. The van der Waals surface area contributed by atoms with Crippen molar-refractivity contribution in [3.63, 3.8) is 0 Å². The Labute approximate surface area is 202 Å². The molecular formula is C23H27ClF2N4O2S. The van der Waals surface area contributed by atoms with Crippen LogP contribution in [0.5, 0.6) is 0 Å². The van der Waals surface area contributed by atoms with Crippen molar-refractivity contribution in [3.05, 3.63) is 53.6 Å². The van der Waals surface area contributed by atoms with Crippen LogP contribution in [0.15, 0.2) is 36.4 Å². The Balaban J connectivity index is 0.00000306. The number of hydrogen-bond acceptors (Lipinski definition) is 6. The van der Waals surface area contributed by atoms with Crippen molar-refractivity contribution in [2.45, 2.75) is 6.42 Å². The van der Waals surface area contributed by atoms with E-state index >= 15 is 0 Å². The molecule has 0 spiro atoms. The van der Waals surface area contributed by atoms with Crippen LogP contribution in [0.3, 0.4) is 0 Å². The summed E-state index contributed by atoms with van der Waals surface area (Å²) in [7, 11) is 3.87. The van der Waals surface area contributed by atoms with Gasteiger partial charge in [0.2, 0.25) is 0 Å². The van der Waals surface area contributed by atoms with E-state index in [1.807, 2.05) is 31.1 Å². The number of aromatic nitrogens is 1. The molecule has 0 N–H and O–H groups in total. The van der Waals surface area contributed by atoms with Crippen LogP contribution in [-0.2, 0) is 4.74 Å². The number of ether oxygens (including phenoxy) is 1. The number of fused-ring (bicyclic) bond motifs is 1. The Morgan fingerprint density at radius 3 is 2.52 bits per heavy atom. The van der Waals surface area contributed by atoms with Gasteiger partial charge in [-0.3, -0.25) is 14.6 Å². The summed E-state index contributed by atoms with van der Waals surface area (Å²) in [6, 6.07) is 9.39. The molecule has 2 aromatic carbocycles. The first-order valence-electron chi connectivity index (χ1n) is 10.6. The van der Waals surface area contributed by atoms with E-state index in [1.165, 1.54) is 6.07 Å². The molecule has 0 aliphatic carbocycles. The summed E-state index contributed by atoms with van der Waals surface area (Å²) < 4.78 is 33.7. The number of amides is 1. The van der Waals surface area contributed by atoms with Gasteiger partial charge in [0, 0.05) is 57.6 Å². The van der Waals surface area contributed by atoms with E-state index in [9.17, 15) is 13.6 Å². The van der Waals surface area contributed by atoms with Gasteiger partial charge >= 0.3 is 0 Å². The molecule has 1 aliphatic heterocycles. The van der Waals surface area contributed by atoms with Crippen LogP contribution in [0.1, 0.15) is 16.8 Å². The van der Waals surface area contributed by atoms with Gasteiger partial charge in [-0.1, -0.05) is 11.3 Å². The second-order valence-electron chi connectivity index (χ2n) is 7.94. The summed E-state index contributed by atoms with van der Waals surface area (Å²) in [6.07, 6.45) is 0.730. The van der Waals surface area contributed by atoms with Gasteiger partial charge in [-0.2, -0.15) is 0 Å². The second-order valence-corrected chi connectivity index (χ2v) is 8.95. The van der Waals surface area contributed by atoms with Crippen molar-refractivity contribution in [1.29, 1.82) is 0 Å². The molecule has 10 heteroatoms. The van der Waals surface area contributed by atoms with E-state index in [0.29, 0.717) is 35.2 Å². The lowest BCUT2D eigenvalue weighted by Gasteiger charge is -2.27. The van der Waals surface area contributed by atoms with E-state index in [1.54, 1.807) is 17.0 Å². The monoisotopic (exact) mass is 496 g/mol. The van der Waals surface area contributed by atoms with Crippen LogP contribution in [-0.4, -0.2) is 69.3 Å². The van der Waals surface area contributed by atoms with Gasteiger partial charge in [-0.25, -0.2) is 13.8 Å². The molecule has 33 heavy (non-hydrogen) atoms. The third-order valence-electron chi connectivity index (χ3n) is 5.47. The highest BCUT2D eigenvalue weighted by molar-refractivity contribution is 7.22. The molecule has 0 bridgehead atoms. The van der Waals surface area contributed by atoms with E-state index in [-0.39, 0.29) is 23.8 Å². The third-order valence-corrected chi connectivity index (χ3v) is 6.49. The highest BCUT2D eigenvalue weighted by Crippen LogP contribution is 2.32. The average Bonchev–Trinajstić information content (AvgIpc) is 3.21. The molecule has 1 fully saturated rings. The first-order chi connectivity index (χ1) is 15.4. The number of carbonyl (C=O) groups is 1. The van der Waals surface area contributed by atoms with E-state index < -0.39 is 11.6 Å². The maximum atomic E-state index is 14.2. The molecule has 1 amide bonds. The molecule has 1 aliphatic rings. The number of anilines is 2. The molecule has 1 saturated heterocycles. The van der Waals surface area contributed by atoms with Gasteiger partial charge in [-0.15, -0.1) is 12.4 Å². The van der Waals surface area contributed by atoms with Crippen LogP contribution in [0.2, 0.25) is 0 Å². The van der Waals surface area contributed by atoms with Crippen LogP contribution in [0, 0.1) is 11.6 Å². The summed E-state index contributed by atoms with van der Waals surface area (Å²) >= 11 is 1.12. The lowest BCUT2D eigenvalue weighted by atomic mass is 10.1. The van der Waals surface area contributed by atoms with Gasteiger partial charge in [0.25, 0.3) is 5.91 Å². The van der Waals surface area contributed by atoms with Crippen LogP contribution in [0.4, 0.5) is 19.6 Å². The molecule has 4 rings (SSSR count). The summed E-state index contributed by atoms with van der Waals surface area (Å²) in [5, 5.41) is 0.369. The molecule has 178 valence electrons. The summed E-state index contributed by atoms with van der Waals surface area (Å²) in [4.78, 5) is 23.6. The van der Waals surface area contributed by atoms with E-state index in [2.05, 4.69) is 9.88 Å². The second kappa shape index (κ2) is 11.2. The van der Waals surface area contributed by atoms with Crippen molar-refractivity contribution in [2.24, 2.45) is 0 Å². The van der Waals surface area contributed by atoms with Crippen LogP contribution >= 0.6 is 23.7 Å². The fourth-order valence-electron chi connectivity index (χ4n) is 3.68. The lowest BCUT2D eigenvalue weighted by molar-refractivity contribution is 0.0376. The Bertz CT molecular complexity index is 1090. The Kier molecular flexibility index (Phi) is 8.58. The number of thiazole rings is 1. The first kappa shape index (κ1) is 25.3. The van der Waals surface area contributed by atoms with Crippen molar-refractivity contribution < 1.29 is 18.3 Å². The van der Waals surface area contributed by atoms with Crippen LogP contribution < -0.4 is 9.80 Å². The Hall–Kier alpha value is -2.33. The molecule has 1 aromatic heterocycles. The SMILES string of the molecule is CN(C)c1ccc(C(=O)N(CCCN2CCOCC2)c2nc3c(F)cc(F)cc3s2)cc1.Cl. The highest BCUT2D eigenvalue weighted by atomic mass is 35.5. The van der Waals surface area contributed by atoms with Crippen LogP contribution in [0.25, 0.3) is 10.2 Å². The third kappa shape index (κ3) is 5.97. The molecule has 3 aromatic rings. The highest BCUT2D eigenvalue weighted by Gasteiger charge is 2.23. The van der Waals surface area contributed by atoms with Crippen molar-refractivity contribution >= 4 is 50.7 Å². The van der Waals surface area contributed by atoms with Crippen molar-refractivity contribution in [2.75, 3.05) is 63.3 Å². The molecule has 2 heterocycles. The lowest BCUT2D eigenvalue weighted by Crippen LogP contribution is -2.39. The zero-order valence-corrected chi connectivity index (χ0v) is 20.2. The number of nitrogens with zero attached hydrogens (tertiary/aromatic N) is 4. The van der Waals surface area contributed by atoms with Gasteiger partial charge < -0.3 is 9.64 Å². The van der Waals surface area contributed by atoms with E-state index in [0.717, 1.165) is 49.1 Å². The summed E-state index contributed by atoms with van der Waals surface area (Å²) in [6.45, 7) is 4.40. The van der Waals surface area contributed by atoms with Gasteiger partial charge in [0.05, 0.1) is 17.9 Å². The Morgan fingerprint density at radius 2 is 1.85 bits per heavy atom. The summed E-state index contributed by atoms with van der Waals surface area (Å²) in [5.74, 6) is -1.59. The number of hydrogen-bond donors (Lipinski definition) is 0. The minimum absolute atomic E-state index is 0. The normalized spacial score (nSPS) is 14.2. The maximum Gasteiger partial charge on any atom is 0.260 e. The molecule has 0 radical (unpaired) electrons. The smallest absolute Gasteiger partial charge is 0.260 e. The minimum atomic E-state index is -0.724. The quantitative estimate of drug-likeness (QED) is 0.484. The molecule has 0 atom stereocenters. The number of benzene rings is 2. The predicted octanol–water partition coefficient (Wildman–Crippen LogP) is 4.43. The molecular weight excluding hydrogens is 470 g/mol. The van der Waals surface area contributed by atoms with Crippen molar-refractivity contribution in [1.82, 2.24) is 9.88 Å². The zero-order chi connectivity index (χ0) is 22.7. The molecule has 0 saturated carbocycles. The zero-order valence-electron chi connectivity index (χ0n) is 18.6. The fraction of sp³-hybridized carbons (Fsp3) is 0.391. The fourth-order valence-corrected chi connectivity index (χ4v) is 4.71. The largest absolute Gasteiger partial charge is 0.379 e. The molecule has 0 unspecified atom stereocenters. The maximum absolute atomic E-state index is 14.2. The minimum Gasteiger partial charge on any atom is -0.379 e. The molecule has 6 nitrogen and oxygen atoms in total. The Morgan fingerprint density at radius 1 is 1.15 bits per heavy atom. The first-order valence-corrected chi connectivity index (χ1v) is 11.4. The summed E-state index contributed by atoms with van der Waals surface area (Å²) in [5.41, 5.74) is 1.59. The van der Waals surface area contributed by atoms with Crippen molar-refractivity contribution in [3.8, 4) is 0 Å².